The molecule has 0 bridgehead atoms. The maximum Gasteiger partial charge on any atom is 0.303 e. The van der Waals surface area contributed by atoms with Gasteiger partial charge in [0.05, 0.1) is 10.5 Å². The number of hydrogen-bond acceptors (Lipinski definition) is 5. The van der Waals surface area contributed by atoms with Crippen LogP contribution in [0, 0.1) is 16.0 Å². The molecule has 26 heavy (non-hydrogen) atoms. The number of carbonyl (C=O) groups excluding carboxylic acids is 1. The molecule has 1 aromatic rings. The number of hydrogen-bond donors (Lipinski definition) is 3. The number of anilines is 1. The predicted octanol–water partition coefficient (Wildman–Crippen LogP) is 3.11. The fourth-order valence-electron chi connectivity index (χ4n) is 3.55. The van der Waals surface area contributed by atoms with Gasteiger partial charge in [-0.25, -0.2) is 0 Å². The second-order valence-corrected chi connectivity index (χ2v) is 6.84. The van der Waals surface area contributed by atoms with Crippen molar-refractivity contribution in [2.75, 3.05) is 5.73 Å². The summed E-state index contributed by atoms with van der Waals surface area (Å²) >= 11 is 0. The lowest BCUT2D eigenvalue weighted by atomic mass is 9.84. The number of nitrogen functional groups attached to an aromatic ring is 1. The van der Waals surface area contributed by atoms with Crippen molar-refractivity contribution in [2.45, 2.75) is 57.4 Å². The zero-order valence-corrected chi connectivity index (χ0v) is 14.6. The van der Waals surface area contributed by atoms with Gasteiger partial charge in [-0.15, -0.1) is 0 Å². The molecule has 142 valence electrons. The third-order valence-corrected chi connectivity index (χ3v) is 4.91. The number of rotatable bonds is 8. The topological polar surface area (TPSA) is 136 Å². The summed E-state index contributed by atoms with van der Waals surface area (Å²) in [6.45, 7) is 0. The van der Waals surface area contributed by atoms with Crippen molar-refractivity contribution in [1.29, 1.82) is 0 Å². The Bertz CT molecular complexity index is 671. The molecule has 8 nitrogen and oxygen atoms in total. The monoisotopic (exact) mass is 363 g/mol. The maximum absolute atomic E-state index is 12.6. The molecule has 8 heteroatoms. The highest BCUT2D eigenvalue weighted by Gasteiger charge is 2.24. The van der Waals surface area contributed by atoms with E-state index in [9.17, 15) is 19.7 Å². The molecule has 0 heterocycles. The lowest BCUT2D eigenvalue weighted by Gasteiger charge is -2.27. The van der Waals surface area contributed by atoms with Crippen LogP contribution in [-0.4, -0.2) is 27.9 Å². The normalized spacial score (nSPS) is 16.0. The largest absolute Gasteiger partial charge is 0.481 e. The molecule has 0 radical (unpaired) electrons. The molecule has 1 amide bonds. The van der Waals surface area contributed by atoms with Crippen LogP contribution in [0.4, 0.5) is 11.4 Å². The highest BCUT2D eigenvalue weighted by Crippen LogP contribution is 2.29. The number of carboxylic acid groups (broad SMARTS) is 1. The predicted molar refractivity (Wildman–Crippen MR) is 96.8 cm³/mol. The molecule has 1 unspecified atom stereocenters. The number of nitrogens with zero attached hydrogens (tertiary/aromatic N) is 1. The van der Waals surface area contributed by atoms with Gasteiger partial charge in [-0.2, -0.15) is 0 Å². The molecule has 1 fully saturated rings. The molecule has 1 saturated carbocycles. The summed E-state index contributed by atoms with van der Waals surface area (Å²) in [6, 6.07) is 3.81. The maximum atomic E-state index is 12.6. The molecule has 0 saturated heterocycles. The Morgan fingerprint density at radius 2 is 2.00 bits per heavy atom. The van der Waals surface area contributed by atoms with Crippen molar-refractivity contribution in [3.63, 3.8) is 0 Å². The number of nitro groups is 1. The lowest BCUT2D eigenvalue weighted by molar-refractivity contribution is -0.383. The molecule has 4 N–H and O–H groups in total. The van der Waals surface area contributed by atoms with Crippen molar-refractivity contribution in [2.24, 2.45) is 5.92 Å². The van der Waals surface area contributed by atoms with E-state index in [2.05, 4.69) is 5.32 Å². The highest BCUT2D eigenvalue weighted by molar-refractivity contribution is 6.01. The Morgan fingerprint density at radius 1 is 1.31 bits per heavy atom. The van der Waals surface area contributed by atoms with Gasteiger partial charge in [0.15, 0.2) is 0 Å². The van der Waals surface area contributed by atoms with Gasteiger partial charge in [0, 0.05) is 18.5 Å². The van der Waals surface area contributed by atoms with Crippen molar-refractivity contribution in [3.05, 3.63) is 33.9 Å². The first-order valence-corrected chi connectivity index (χ1v) is 8.94. The number of nitro benzene ring substituents is 1. The summed E-state index contributed by atoms with van der Waals surface area (Å²) in [4.78, 5) is 33.9. The van der Waals surface area contributed by atoms with Crippen LogP contribution in [0.2, 0.25) is 0 Å². The van der Waals surface area contributed by atoms with Crippen LogP contribution in [0.5, 0.6) is 0 Å². The molecule has 1 aliphatic carbocycles. The second-order valence-electron chi connectivity index (χ2n) is 6.84. The Hall–Kier alpha value is -2.64. The molecule has 1 aliphatic rings. The molecular formula is C18H25N3O5. The van der Waals surface area contributed by atoms with Crippen LogP contribution in [0.25, 0.3) is 0 Å². The van der Waals surface area contributed by atoms with Crippen molar-refractivity contribution in [1.82, 2.24) is 5.32 Å². The number of aliphatic carboxylic acids is 1. The highest BCUT2D eigenvalue weighted by atomic mass is 16.6. The number of carboxylic acids is 1. The van der Waals surface area contributed by atoms with Gasteiger partial charge in [-0.3, -0.25) is 19.7 Å². The van der Waals surface area contributed by atoms with Crippen molar-refractivity contribution < 1.29 is 19.6 Å². The first-order valence-electron chi connectivity index (χ1n) is 8.94. The average Bonchev–Trinajstić information content (AvgIpc) is 2.60. The van der Waals surface area contributed by atoms with E-state index in [1.165, 1.54) is 24.6 Å². The van der Waals surface area contributed by atoms with Crippen LogP contribution < -0.4 is 11.1 Å². The van der Waals surface area contributed by atoms with E-state index in [0.29, 0.717) is 18.8 Å². The molecule has 1 aromatic carbocycles. The minimum Gasteiger partial charge on any atom is -0.481 e. The minimum atomic E-state index is -0.914. The van der Waals surface area contributed by atoms with E-state index in [4.69, 9.17) is 10.8 Å². The van der Waals surface area contributed by atoms with Crippen LogP contribution in [0.1, 0.15) is 61.7 Å². The fourth-order valence-corrected chi connectivity index (χ4v) is 3.55. The summed E-state index contributed by atoms with van der Waals surface area (Å²) < 4.78 is 0. The minimum absolute atomic E-state index is 0.0396. The Morgan fingerprint density at radius 3 is 2.62 bits per heavy atom. The van der Waals surface area contributed by atoms with Gasteiger partial charge in [0.25, 0.3) is 11.6 Å². The number of nitrogens with one attached hydrogen (secondary N) is 1. The lowest BCUT2D eigenvalue weighted by Crippen LogP contribution is -2.37. The quantitative estimate of drug-likeness (QED) is 0.369. The Kier molecular flexibility index (Phi) is 6.94. The summed E-state index contributed by atoms with van der Waals surface area (Å²) in [7, 11) is 0. The number of benzene rings is 1. The summed E-state index contributed by atoms with van der Waals surface area (Å²) in [6.07, 6.45) is 6.69. The first-order chi connectivity index (χ1) is 12.4. The average molecular weight is 363 g/mol. The van der Waals surface area contributed by atoms with Gasteiger partial charge in [-0.1, -0.05) is 38.2 Å². The third-order valence-electron chi connectivity index (χ3n) is 4.91. The van der Waals surface area contributed by atoms with E-state index < -0.39 is 16.8 Å². The molecule has 1 atom stereocenters. The number of carbonyl (C=O) groups is 2. The standard InChI is InChI=1S/C18H25N3O5/c19-17-14(7-4-8-15(17)21(25)26)18(24)20-13(9-10-16(22)23)11-12-5-2-1-3-6-12/h4,7-8,12-13H,1-3,5-6,9-11,19H2,(H,20,24)(H,22,23). The molecule has 0 aliphatic heterocycles. The number of para-hydroxylation sites is 1. The van der Waals surface area contributed by atoms with Gasteiger partial charge in [-0.05, 0) is 24.8 Å². The smallest absolute Gasteiger partial charge is 0.303 e. The van der Waals surface area contributed by atoms with Gasteiger partial charge < -0.3 is 16.2 Å². The zero-order chi connectivity index (χ0) is 19.1. The number of nitrogens with two attached hydrogens (primary N) is 1. The van der Waals surface area contributed by atoms with Gasteiger partial charge in [0.1, 0.15) is 5.69 Å². The summed E-state index contributed by atoms with van der Waals surface area (Å²) in [5.74, 6) is -0.953. The Balaban J connectivity index is 2.10. The first kappa shape index (κ1) is 19.7. The van der Waals surface area contributed by atoms with Gasteiger partial charge >= 0.3 is 5.97 Å². The zero-order valence-electron chi connectivity index (χ0n) is 14.6. The van der Waals surface area contributed by atoms with Crippen LogP contribution >= 0.6 is 0 Å². The van der Waals surface area contributed by atoms with Crippen LogP contribution in [0.3, 0.4) is 0 Å². The van der Waals surface area contributed by atoms with E-state index in [0.717, 1.165) is 25.7 Å². The van der Waals surface area contributed by atoms with Crippen LogP contribution in [-0.2, 0) is 4.79 Å². The van der Waals surface area contributed by atoms with Gasteiger partial charge in [0.2, 0.25) is 0 Å². The molecular weight excluding hydrogens is 338 g/mol. The third kappa shape index (κ3) is 5.44. The van der Waals surface area contributed by atoms with Crippen molar-refractivity contribution in [3.8, 4) is 0 Å². The van der Waals surface area contributed by atoms with E-state index >= 15 is 0 Å². The SMILES string of the molecule is Nc1c(C(=O)NC(CCC(=O)O)CC2CCCCC2)cccc1[N+](=O)[O-]. The van der Waals surface area contributed by atoms with Crippen molar-refractivity contribution >= 4 is 23.3 Å². The molecule has 2 rings (SSSR count). The summed E-state index contributed by atoms with van der Waals surface area (Å²) in [5, 5.41) is 22.8. The summed E-state index contributed by atoms with van der Waals surface area (Å²) in [5.41, 5.74) is 5.33. The molecule has 0 aromatic heterocycles. The fraction of sp³-hybridized carbons (Fsp3) is 0.556. The number of amides is 1. The van der Waals surface area contributed by atoms with E-state index in [1.54, 1.807) is 0 Å². The molecule has 0 spiro atoms. The second kappa shape index (κ2) is 9.17. The Labute approximate surface area is 151 Å². The van der Waals surface area contributed by atoms with E-state index in [-0.39, 0.29) is 29.4 Å². The van der Waals surface area contributed by atoms with Crippen LogP contribution in [0.15, 0.2) is 18.2 Å². The van der Waals surface area contributed by atoms with E-state index in [1.807, 2.05) is 0 Å².